The number of benzene rings is 1. The number of nitrogens with zero attached hydrogens (tertiary/aromatic N) is 1. The number of aliphatic hydroxyl groups is 1. The quantitative estimate of drug-likeness (QED) is 0.885. The number of amides is 1. The van der Waals surface area contributed by atoms with E-state index >= 15 is 0 Å². The first kappa shape index (κ1) is 14.1. The summed E-state index contributed by atoms with van der Waals surface area (Å²) in [7, 11) is 1.77. The van der Waals surface area contributed by atoms with Crippen molar-refractivity contribution in [3.63, 3.8) is 0 Å². The largest absolute Gasteiger partial charge is 0.391 e. The van der Waals surface area contributed by atoms with Crippen LogP contribution in [0.15, 0.2) is 24.4 Å². The number of rotatable bonds is 5. The van der Waals surface area contributed by atoms with Crippen LogP contribution >= 0.6 is 0 Å². The SMILES string of the molecule is Cc1ccc2c(CC(=O)N(C)CC(O)C3CC3)c[nH]c2c1. The van der Waals surface area contributed by atoms with Crippen LogP contribution in [-0.4, -0.2) is 40.6 Å². The zero-order valence-electron chi connectivity index (χ0n) is 12.6. The Kier molecular flexibility index (Phi) is 3.72. The lowest BCUT2D eigenvalue weighted by Crippen LogP contribution is -2.36. The number of hydrogen-bond acceptors (Lipinski definition) is 2. The molecule has 0 aliphatic heterocycles. The molecule has 0 bridgehead atoms. The molecular formula is C17H22N2O2. The monoisotopic (exact) mass is 286 g/mol. The van der Waals surface area contributed by atoms with Gasteiger partial charge in [0.25, 0.3) is 0 Å². The minimum Gasteiger partial charge on any atom is -0.391 e. The van der Waals surface area contributed by atoms with Gasteiger partial charge >= 0.3 is 0 Å². The molecule has 1 aromatic heterocycles. The molecule has 1 atom stereocenters. The Balaban J connectivity index is 1.67. The maximum atomic E-state index is 12.3. The fraction of sp³-hybridized carbons (Fsp3) is 0.471. The molecule has 0 saturated heterocycles. The number of nitrogens with one attached hydrogen (secondary N) is 1. The lowest BCUT2D eigenvalue weighted by molar-refractivity contribution is -0.130. The fourth-order valence-electron chi connectivity index (χ4n) is 2.76. The number of likely N-dealkylation sites (N-methyl/N-ethyl adjacent to an activating group) is 1. The second-order valence-corrected chi connectivity index (χ2v) is 6.22. The van der Waals surface area contributed by atoms with E-state index in [1.165, 1.54) is 5.56 Å². The van der Waals surface area contributed by atoms with Gasteiger partial charge in [-0.3, -0.25) is 4.79 Å². The maximum absolute atomic E-state index is 12.3. The van der Waals surface area contributed by atoms with Crippen LogP contribution in [0.25, 0.3) is 10.9 Å². The van der Waals surface area contributed by atoms with Gasteiger partial charge < -0.3 is 15.0 Å². The molecule has 0 radical (unpaired) electrons. The summed E-state index contributed by atoms with van der Waals surface area (Å²) in [5.74, 6) is 0.451. The lowest BCUT2D eigenvalue weighted by Gasteiger charge is -2.20. The summed E-state index contributed by atoms with van der Waals surface area (Å²) >= 11 is 0. The van der Waals surface area contributed by atoms with Gasteiger partial charge in [-0.15, -0.1) is 0 Å². The average molecular weight is 286 g/mol. The first-order valence-corrected chi connectivity index (χ1v) is 7.53. The Morgan fingerprint density at radius 1 is 1.48 bits per heavy atom. The van der Waals surface area contributed by atoms with Gasteiger partial charge in [0.05, 0.1) is 12.5 Å². The van der Waals surface area contributed by atoms with Crippen molar-refractivity contribution < 1.29 is 9.90 Å². The highest BCUT2D eigenvalue weighted by molar-refractivity contribution is 5.89. The molecule has 0 spiro atoms. The van der Waals surface area contributed by atoms with Gasteiger partial charge in [-0.1, -0.05) is 12.1 Å². The Bertz CT molecular complexity index is 658. The first-order valence-electron chi connectivity index (χ1n) is 7.53. The number of aromatic amines is 1. The summed E-state index contributed by atoms with van der Waals surface area (Å²) in [6.45, 7) is 2.49. The lowest BCUT2D eigenvalue weighted by atomic mass is 10.1. The van der Waals surface area contributed by atoms with Crippen molar-refractivity contribution in [3.8, 4) is 0 Å². The molecule has 21 heavy (non-hydrogen) atoms. The van der Waals surface area contributed by atoms with E-state index in [-0.39, 0.29) is 12.0 Å². The molecule has 1 saturated carbocycles. The second-order valence-electron chi connectivity index (χ2n) is 6.22. The van der Waals surface area contributed by atoms with E-state index in [2.05, 4.69) is 30.1 Å². The minimum atomic E-state index is -0.371. The third kappa shape index (κ3) is 3.10. The number of aliphatic hydroxyl groups excluding tert-OH is 1. The Labute approximate surface area is 124 Å². The number of H-pyrrole nitrogens is 1. The van der Waals surface area contributed by atoms with Crippen LogP contribution in [0.5, 0.6) is 0 Å². The predicted octanol–water partition coefficient (Wildman–Crippen LogP) is 2.25. The van der Waals surface area contributed by atoms with E-state index in [0.29, 0.717) is 18.9 Å². The van der Waals surface area contributed by atoms with Crippen LogP contribution in [0.3, 0.4) is 0 Å². The van der Waals surface area contributed by atoms with E-state index in [0.717, 1.165) is 29.3 Å². The number of hydrogen-bond donors (Lipinski definition) is 2. The Hall–Kier alpha value is -1.81. The number of carbonyl (C=O) groups is 1. The number of aromatic nitrogens is 1. The summed E-state index contributed by atoms with van der Waals surface area (Å²) in [6, 6.07) is 6.21. The Morgan fingerprint density at radius 2 is 2.24 bits per heavy atom. The molecule has 2 aromatic rings. The van der Waals surface area contributed by atoms with E-state index in [1.54, 1.807) is 11.9 Å². The molecular weight excluding hydrogens is 264 g/mol. The number of aryl methyl sites for hydroxylation is 1. The van der Waals surface area contributed by atoms with Crippen molar-refractivity contribution in [2.24, 2.45) is 5.92 Å². The maximum Gasteiger partial charge on any atom is 0.226 e. The third-order valence-electron chi connectivity index (χ3n) is 4.32. The summed E-state index contributed by atoms with van der Waals surface area (Å²) < 4.78 is 0. The van der Waals surface area contributed by atoms with Gasteiger partial charge in [-0.05, 0) is 42.9 Å². The van der Waals surface area contributed by atoms with Crippen molar-refractivity contribution in [2.75, 3.05) is 13.6 Å². The summed E-state index contributed by atoms with van der Waals surface area (Å²) in [4.78, 5) is 17.2. The van der Waals surface area contributed by atoms with E-state index in [1.807, 2.05) is 6.20 Å². The van der Waals surface area contributed by atoms with Crippen LogP contribution in [-0.2, 0) is 11.2 Å². The molecule has 2 N–H and O–H groups in total. The van der Waals surface area contributed by atoms with Crippen LogP contribution in [0, 0.1) is 12.8 Å². The first-order chi connectivity index (χ1) is 10.0. The molecule has 4 heteroatoms. The molecule has 4 nitrogen and oxygen atoms in total. The fourth-order valence-corrected chi connectivity index (χ4v) is 2.76. The highest BCUT2D eigenvalue weighted by Crippen LogP contribution is 2.32. The molecule has 1 aliphatic rings. The van der Waals surface area contributed by atoms with Crippen LogP contribution < -0.4 is 0 Å². The van der Waals surface area contributed by atoms with Crippen molar-refractivity contribution in [3.05, 3.63) is 35.5 Å². The van der Waals surface area contributed by atoms with Gasteiger partial charge in [0.1, 0.15) is 0 Å². The number of fused-ring (bicyclic) bond motifs is 1. The highest BCUT2D eigenvalue weighted by atomic mass is 16.3. The van der Waals surface area contributed by atoms with Gasteiger partial charge in [0.15, 0.2) is 0 Å². The number of carbonyl (C=O) groups excluding carboxylic acids is 1. The highest BCUT2D eigenvalue weighted by Gasteiger charge is 2.31. The van der Waals surface area contributed by atoms with Gasteiger partial charge in [-0.25, -0.2) is 0 Å². The molecule has 1 heterocycles. The molecule has 1 unspecified atom stereocenters. The zero-order chi connectivity index (χ0) is 15.0. The summed E-state index contributed by atoms with van der Waals surface area (Å²) in [5, 5.41) is 11.0. The summed E-state index contributed by atoms with van der Waals surface area (Å²) in [6.07, 6.45) is 4.09. The van der Waals surface area contributed by atoms with Crippen molar-refractivity contribution in [2.45, 2.75) is 32.3 Å². The van der Waals surface area contributed by atoms with Gasteiger partial charge in [0.2, 0.25) is 5.91 Å². The smallest absolute Gasteiger partial charge is 0.226 e. The van der Waals surface area contributed by atoms with Crippen molar-refractivity contribution >= 4 is 16.8 Å². The molecule has 1 fully saturated rings. The predicted molar refractivity (Wildman–Crippen MR) is 83.1 cm³/mol. The zero-order valence-corrected chi connectivity index (χ0v) is 12.6. The van der Waals surface area contributed by atoms with Gasteiger partial charge in [-0.2, -0.15) is 0 Å². The molecule has 1 aliphatic carbocycles. The minimum absolute atomic E-state index is 0.0520. The van der Waals surface area contributed by atoms with E-state index in [4.69, 9.17) is 0 Å². The van der Waals surface area contributed by atoms with Crippen molar-refractivity contribution in [1.29, 1.82) is 0 Å². The normalized spacial score (nSPS) is 16.1. The second kappa shape index (κ2) is 5.53. The van der Waals surface area contributed by atoms with Crippen LogP contribution in [0.2, 0.25) is 0 Å². The van der Waals surface area contributed by atoms with Crippen LogP contribution in [0.4, 0.5) is 0 Å². The van der Waals surface area contributed by atoms with E-state index < -0.39 is 0 Å². The molecule has 3 rings (SSSR count). The van der Waals surface area contributed by atoms with Gasteiger partial charge in [0, 0.05) is 30.7 Å². The molecule has 1 aromatic carbocycles. The van der Waals surface area contributed by atoms with Crippen LogP contribution in [0.1, 0.15) is 24.0 Å². The summed E-state index contributed by atoms with van der Waals surface area (Å²) in [5.41, 5.74) is 3.29. The molecule has 112 valence electrons. The molecule has 1 amide bonds. The van der Waals surface area contributed by atoms with E-state index in [9.17, 15) is 9.90 Å². The standard InChI is InChI=1S/C17H22N2O2/c1-11-3-6-14-13(9-18-15(14)7-11)8-17(21)19(2)10-16(20)12-4-5-12/h3,6-7,9,12,16,18,20H,4-5,8,10H2,1-2H3. The average Bonchev–Trinajstić information content (AvgIpc) is 3.22. The topological polar surface area (TPSA) is 56.3 Å². The van der Waals surface area contributed by atoms with Crippen molar-refractivity contribution in [1.82, 2.24) is 9.88 Å². The third-order valence-corrected chi connectivity index (χ3v) is 4.32. The Morgan fingerprint density at radius 3 is 2.95 bits per heavy atom.